The fourth-order valence-electron chi connectivity index (χ4n) is 3.04. The first-order chi connectivity index (χ1) is 11.8. The summed E-state index contributed by atoms with van der Waals surface area (Å²) >= 11 is 0. The number of hydrogen-bond donors (Lipinski definition) is 0. The molecule has 2 aromatic heterocycles. The van der Waals surface area contributed by atoms with Gasteiger partial charge >= 0.3 is 5.97 Å². The van der Waals surface area contributed by atoms with Crippen molar-refractivity contribution in [1.82, 2.24) is 4.40 Å². The molecule has 5 nitrogen and oxygen atoms in total. The van der Waals surface area contributed by atoms with Crippen molar-refractivity contribution in [3.63, 3.8) is 0 Å². The van der Waals surface area contributed by atoms with Crippen molar-refractivity contribution in [3.8, 4) is 11.8 Å². The summed E-state index contributed by atoms with van der Waals surface area (Å²) < 4.78 is 12.9. The Labute approximate surface area is 139 Å². The molecular weight excluding hydrogens is 304 g/mol. The van der Waals surface area contributed by atoms with Crippen molar-refractivity contribution in [2.24, 2.45) is 0 Å². The highest BCUT2D eigenvalue weighted by molar-refractivity contribution is 6.12. The van der Waals surface area contributed by atoms with Gasteiger partial charge in [0.25, 0.3) is 0 Å². The lowest BCUT2D eigenvalue weighted by molar-refractivity contribution is 0.00944. The second-order valence-electron chi connectivity index (χ2n) is 5.91. The summed E-state index contributed by atoms with van der Waals surface area (Å²) in [6.45, 7) is -0.00854. The van der Waals surface area contributed by atoms with Gasteiger partial charge < -0.3 is 13.9 Å². The van der Waals surface area contributed by atoms with Crippen molar-refractivity contribution in [1.29, 1.82) is 5.26 Å². The van der Waals surface area contributed by atoms with E-state index in [2.05, 4.69) is 0 Å². The molecule has 0 radical (unpaired) electrons. The number of carbonyl (C=O) groups excluding carboxylic acids is 1. The number of nitriles is 1. The zero-order valence-electron chi connectivity index (χ0n) is 13.1. The van der Waals surface area contributed by atoms with Crippen LogP contribution in [0.25, 0.3) is 16.4 Å². The summed E-state index contributed by atoms with van der Waals surface area (Å²) in [4.78, 5) is 12.7. The number of carbonyl (C=O) groups is 1. The van der Waals surface area contributed by atoms with Gasteiger partial charge in [0.15, 0.2) is 6.61 Å². The molecular formula is C19H16N2O3. The smallest absolute Gasteiger partial charge is 0.341 e. The number of fused-ring (bicyclic) bond motifs is 3. The first kappa shape index (κ1) is 14.6. The van der Waals surface area contributed by atoms with E-state index in [-0.39, 0.29) is 18.7 Å². The lowest BCUT2D eigenvalue weighted by atomic mass is 9.96. The molecule has 5 heteroatoms. The Morgan fingerprint density at radius 3 is 2.88 bits per heavy atom. The topological polar surface area (TPSA) is 63.7 Å². The summed E-state index contributed by atoms with van der Waals surface area (Å²) in [5.41, 5.74) is 2.26. The second kappa shape index (κ2) is 5.89. The zero-order chi connectivity index (χ0) is 16.5. The highest BCUT2D eigenvalue weighted by atomic mass is 16.5. The molecule has 0 amide bonds. The predicted octanol–water partition coefficient (Wildman–Crippen LogP) is 3.70. The molecule has 3 aromatic rings. The molecule has 0 saturated heterocycles. The lowest BCUT2D eigenvalue weighted by Gasteiger charge is -2.25. The van der Waals surface area contributed by atoms with Crippen LogP contribution in [0.3, 0.4) is 0 Å². The van der Waals surface area contributed by atoms with Crippen LogP contribution >= 0.6 is 0 Å². The fraction of sp³-hybridized carbons (Fsp3) is 0.263. The van der Waals surface area contributed by atoms with E-state index >= 15 is 0 Å². The SMILES string of the molecule is N#CCOc1ccc2c(C(=O)OC3CCC3)c3ccccn3c2c1. The molecule has 1 aliphatic rings. The third-order valence-electron chi connectivity index (χ3n) is 4.45. The number of pyridine rings is 1. The highest BCUT2D eigenvalue weighted by Crippen LogP contribution is 2.32. The van der Waals surface area contributed by atoms with Crippen LogP contribution in [-0.2, 0) is 4.74 Å². The first-order valence-corrected chi connectivity index (χ1v) is 8.01. The van der Waals surface area contributed by atoms with Crippen LogP contribution in [0, 0.1) is 11.3 Å². The van der Waals surface area contributed by atoms with E-state index in [0.29, 0.717) is 11.3 Å². The minimum Gasteiger partial charge on any atom is -0.479 e. The zero-order valence-corrected chi connectivity index (χ0v) is 13.1. The van der Waals surface area contributed by atoms with Gasteiger partial charge in [0.1, 0.15) is 17.9 Å². The second-order valence-corrected chi connectivity index (χ2v) is 5.91. The van der Waals surface area contributed by atoms with Gasteiger partial charge in [-0.2, -0.15) is 5.26 Å². The Bertz CT molecular complexity index is 964. The van der Waals surface area contributed by atoms with E-state index in [4.69, 9.17) is 14.7 Å². The van der Waals surface area contributed by atoms with Crippen LogP contribution in [-0.4, -0.2) is 23.1 Å². The number of aromatic nitrogens is 1. The number of rotatable bonds is 4. The number of hydrogen-bond acceptors (Lipinski definition) is 4. The first-order valence-electron chi connectivity index (χ1n) is 8.01. The largest absolute Gasteiger partial charge is 0.479 e. The Morgan fingerprint density at radius 1 is 1.25 bits per heavy atom. The standard InChI is InChI=1S/C19H16N2O3/c20-9-11-23-14-7-8-15-17(12-14)21-10-2-1-6-16(21)18(15)19(22)24-13-4-3-5-13/h1-2,6-8,10,12-13H,3-5,11H2. The molecule has 1 saturated carbocycles. The average Bonchev–Trinajstić information content (AvgIpc) is 2.90. The van der Waals surface area contributed by atoms with E-state index in [1.807, 2.05) is 47.0 Å². The molecule has 24 heavy (non-hydrogen) atoms. The van der Waals surface area contributed by atoms with Crippen molar-refractivity contribution in [3.05, 3.63) is 48.2 Å². The van der Waals surface area contributed by atoms with Gasteiger partial charge in [0.05, 0.1) is 16.6 Å². The van der Waals surface area contributed by atoms with Crippen LogP contribution < -0.4 is 4.74 Å². The number of ether oxygens (including phenoxy) is 2. The fourth-order valence-corrected chi connectivity index (χ4v) is 3.04. The van der Waals surface area contributed by atoms with E-state index in [0.717, 1.165) is 35.7 Å². The van der Waals surface area contributed by atoms with Gasteiger partial charge in [0, 0.05) is 17.6 Å². The van der Waals surface area contributed by atoms with E-state index in [1.54, 1.807) is 6.07 Å². The molecule has 120 valence electrons. The Kier molecular flexibility index (Phi) is 3.58. The molecule has 4 rings (SSSR count). The van der Waals surface area contributed by atoms with Gasteiger partial charge in [-0.25, -0.2) is 4.79 Å². The minimum atomic E-state index is -0.274. The van der Waals surface area contributed by atoms with Crippen LogP contribution in [0.5, 0.6) is 5.75 Å². The van der Waals surface area contributed by atoms with Gasteiger partial charge in [-0.3, -0.25) is 0 Å². The molecule has 1 fully saturated rings. The van der Waals surface area contributed by atoms with Gasteiger partial charge in [-0.1, -0.05) is 6.07 Å². The molecule has 0 atom stereocenters. The molecule has 0 aliphatic heterocycles. The average molecular weight is 320 g/mol. The monoisotopic (exact) mass is 320 g/mol. The third-order valence-corrected chi connectivity index (χ3v) is 4.45. The quantitative estimate of drug-likeness (QED) is 0.688. The van der Waals surface area contributed by atoms with Crippen molar-refractivity contribution in [2.45, 2.75) is 25.4 Å². The normalized spacial score (nSPS) is 14.3. The molecule has 0 unspecified atom stereocenters. The predicted molar refractivity (Wildman–Crippen MR) is 89.1 cm³/mol. The van der Waals surface area contributed by atoms with Crippen LogP contribution in [0.2, 0.25) is 0 Å². The molecule has 0 N–H and O–H groups in total. The van der Waals surface area contributed by atoms with E-state index < -0.39 is 0 Å². The molecule has 0 bridgehead atoms. The third kappa shape index (κ3) is 2.37. The number of nitrogens with zero attached hydrogens (tertiary/aromatic N) is 2. The van der Waals surface area contributed by atoms with Crippen molar-refractivity contribution < 1.29 is 14.3 Å². The Morgan fingerprint density at radius 2 is 2.12 bits per heavy atom. The minimum absolute atomic E-state index is 0.00854. The van der Waals surface area contributed by atoms with Crippen molar-refractivity contribution in [2.75, 3.05) is 6.61 Å². The Hall–Kier alpha value is -3.00. The summed E-state index contributed by atoms with van der Waals surface area (Å²) in [5.74, 6) is 0.329. The number of benzene rings is 1. The Balaban J connectivity index is 1.84. The molecule has 0 spiro atoms. The molecule has 2 heterocycles. The molecule has 1 aromatic carbocycles. The lowest BCUT2D eigenvalue weighted by Crippen LogP contribution is -2.25. The van der Waals surface area contributed by atoms with Crippen LogP contribution in [0.1, 0.15) is 29.6 Å². The maximum atomic E-state index is 12.7. The van der Waals surface area contributed by atoms with E-state index in [9.17, 15) is 4.79 Å². The number of esters is 1. The van der Waals surface area contributed by atoms with Crippen LogP contribution in [0.4, 0.5) is 0 Å². The maximum Gasteiger partial charge on any atom is 0.341 e. The van der Waals surface area contributed by atoms with Gasteiger partial charge in [-0.15, -0.1) is 0 Å². The van der Waals surface area contributed by atoms with Gasteiger partial charge in [0.2, 0.25) is 0 Å². The van der Waals surface area contributed by atoms with E-state index in [1.165, 1.54) is 0 Å². The summed E-state index contributed by atoms with van der Waals surface area (Å²) in [6, 6.07) is 13.2. The van der Waals surface area contributed by atoms with Crippen molar-refractivity contribution >= 4 is 22.4 Å². The molecule has 1 aliphatic carbocycles. The summed E-state index contributed by atoms with van der Waals surface area (Å²) in [7, 11) is 0. The van der Waals surface area contributed by atoms with Crippen LogP contribution in [0.15, 0.2) is 42.6 Å². The maximum absolute atomic E-state index is 12.7. The summed E-state index contributed by atoms with van der Waals surface area (Å²) in [5, 5.41) is 9.49. The highest BCUT2D eigenvalue weighted by Gasteiger charge is 2.26. The van der Waals surface area contributed by atoms with Gasteiger partial charge in [-0.05, 0) is 43.5 Å². The summed E-state index contributed by atoms with van der Waals surface area (Å²) in [6.07, 6.45) is 4.97.